The van der Waals surface area contributed by atoms with Crippen LogP contribution in [0.15, 0.2) is 24.4 Å². The second kappa shape index (κ2) is 6.03. The Morgan fingerprint density at radius 3 is 2.62 bits per heavy atom. The molecule has 0 aliphatic carbocycles. The van der Waals surface area contributed by atoms with E-state index in [0.717, 1.165) is 18.6 Å². The molecule has 4 nitrogen and oxygen atoms in total. The molecule has 0 aliphatic rings. The fourth-order valence-electron chi connectivity index (χ4n) is 1.94. The van der Waals surface area contributed by atoms with Crippen molar-refractivity contribution in [1.82, 2.24) is 9.78 Å². The van der Waals surface area contributed by atoms with Gasteiger partial charge in [-0.25, -0.2) is 13.6 Å². The van der Waals surface area contributed by atoms with Crippen molar-refractivity contribution in [3.63, 3.8) is 0 Å². The van der Waals surface area contributed by atoms with Crippen molar-refractivity contribution in [3.05, 3.63) is 41.6 Å². The van der Waals surface area contributed by atoms with Crippen molar-refractivity contribution in [2.24, 2.45) is 5.92 Å². The van der Waals surface area contributed by atoms with Gasteiger partial charge >= 0.3 is 5.97 Å². The third-order valence-corrected chi connectivity index (χ3v) is 3.12. The van der Waals surface area contributed by atoms with Crippen LogP contribution >= 0.6 is 0 Å². The molecule has 0 amide bonds. The van der Waals surface area contributed by atoms with E-state index < -0.39 is 17.6 Å². The van der Waals surface area contributed by atoms with Crippen molar-refractivity contribution in [2.75, 3.05) is 0 Å². The van der Waals surface area contributed by atoms with Gasteiger partial charge in [-0.1, -0.05) is 13.8 Å². The highest BCUT2D eigenvalue weighted by Crippen LogP contribution is 2.24. The summed E-state index contributed by atoms with van der Waals surface area (Å²) in [5.74, 6) is -2.70. The predicted molar refractivity (Wildman–Crippen MR) is 74.0 cm³/mol. The average molecular weight is 294 g/mol. The largest absolute Gasteiger partial charge is 0.478 e. The lowest BCUT2D eigenvalue weighted by atomic mass is 10.1. The van der Waals surface area contributed by atoms with E-state index in [4.69, 9.17) is 0 Å². The average Bonchev–Trinajstić information content (AvgIpc) is 2.84. The molecule has 0 fully saturated rings. The SMILES string of the molecule is CC(C)CCn1cc(C(=O)O)c(-c2ccc(F)c(F)c2)n1. The summed E-state index contributed by atoms with van der Waals surface area (Å²) in [6, 6.07) is 3.24. The van der Waals surface area contributed by atoms with Crippen molar-refractivity contribution >= 4 is 5.97 Å². The number of carboxylic acid groups (broad SMARTS) is 1. The molecule has 0 atom stereocenters. The number of benzene rings is 1. The summed E-state index contributed by atoms with van der Waals surface area (Å²) < 4.78 is 27.8. The normalized spacial score (nSPS) is 11.1. The Morgan fingerprint density at radius 2 is 2.05 bits per heavy atom. The molecule has 0 aliphatic heterocycles. The summed E-state index contributed by atoms with van der Waals surface area (Å²) in [7, 11) is 0. The van der Waals surface area contributed by atoms with Crippen LogP contribution in [0.1, 0.15) is 30.6 Å². The summed E-state index contributed by atoms with van der Waals surface area (Å²) in [5, 5.41) is 13.4. The van der Waals surface area contributed by atoms with Gasteiger partial charge in [-0.2, -0.15) is 5.10 Å². The lowest BCUT2D eigenvalue weighted by Crippen LogP contribution is -2.02. The lowest BCUT2D eigenvalue weighted by molar-refractivity contribution is 0.0697. The topological polar surface area (TPSA) is 55.1 Å². The Hall–Kier alpha value is -2.24. The van der Waals surface area contributed by atoms with Gasteiger partial charge < -0.3 is 5.11 Å². The van der Waals surface area contributed by atoms with Crippen molar-refractivity contribution in [2.45, 2.75) is 26.8 Å². The third-order valence-electron chi connectivity index (χ3n) is 3.12. The van der Waals surface area contributed by atoms with Crippen LogP contribution in [0, 0.1) is 17.6 Å². The van der Waals surface area contributed by atoms with E-state index in [1.165, 1.54) is 16.9 Å². The molecule has 2 aromatic rings. The summed E-state index contributed by atoms with van der Waals surface area (Å²) in [6.45, 7) is 4.68. The predicted octanol–water partition coefficient (Wildman–Crippen LogP) is 3.57. The zero-order chi connectivity index (χ0) is 15.6. The van der Waals surface area contributed by atoms with Crippen LogP contribution in [0.4, 0.5) is 8.78 Å². The maximum atomic E-state index is 13.3. The van der Waals surface area contributed by atoms with Gasteiger partial charge in [-0.15, -0.1) is 0 Å². The summed E-state index contributed by atoms with van der Waals surface area (Å²) in [4.78, 5) is 11.3. The van der Waals surface area contributed by atoms with Crippen LogP contribution in [0.3, 0.4) is 0 Å². The standard InChI is InChI=1S/C15H16F2N2O2/c1-9(2)5-6-19-8-11(15(20)21)14(18-19)10-3-4-12(16)13(17)7-10/h3-4,7-9H,5-6H2,1-2H3,(H,20,21). The molecular weight excluding hydrogens is 278 g/mol. The van der Waals surface area contributed by atoms with Gasteiger partial charge in [-0.3, -0.25) is 4.68 Å². The van der Waals surface area contributed by atoms with Crippen LogP contribution in [0.5, 0.6) is 0 Å². The van der Waals surface area contributed by atoms with Gasteiger partial charge in [0.25, 0.3) is 0 Å². The second-order valence-corrected chi connectivity index (χ2v) is 5.27. The fourth-order valence-corrected chi connectivity index (χ4v) is 1.94. The molecule has 1 heterocycles. The molecule has 2 rings (SSSR count). The number of hydrogen-bond acceptors (Lipinski definition) is 2. The Kier molecular flexibility index (Phi) is 4.35. The number of halogens is 2. The number of carbonyl (C=O) groups is 1. The molecule has 0 bridgehead atoms. The lowest BCUT2D eigenvalue weighted by Gasteiger charge is -2.04. The van der Waals surface area contributed by atoms with E-state index in [1.54, 1.807) is 0 Å². The van der Waals surface area contributed by atoms with E-state index >= 15 is 0 Å². The molecule has 1 aromatic carbocycles. The molecule has 0 radical (unpaired) electrons. The molecule has 1 N–H and O–H groups in total. The molecule has 6 heteroatoms. The number of aryl methyl sites for hydroxylation is 1. The van der Waals surface area contributed by atoms with Crippen LogP contribution in [-0.4, -0.2) is 20.9 Å². The van der Waals surface area contributed by atoms with Crippen molar-refractivity contribution in [1.29, 1.82) is 0 Å². The van der Waals surface area contributed by atoms with Crippen LogP contribution < -0.4 is 0 Å². The zero-order valence-corrected chi connectivity index (χ0v) is 11.8. The Labute approximate surface area is 121 Å². The highest BCUT2D eigenvalue weighted by Gasteiger charge is 2.18. The maximum absolute atomic E-state index is 13.3. The number of carboxylic acids is 1. The quantitative estimate of drug-likeness (QED) is 0.917. The van der Waals surface area contributed by atoms with Gasteiger partial charge in [-0.05, 0) is 30.5 Å². The Balaban J connectivity index is 2.41. The monoisotopic (exact) mass is 294 g/mol. The minimum Gasteiger partial charge on any atom is -0.478 e. The first-order valence-corrected chi connectivity index (χ1v) is 6.64. The van der Waals surface area contributed by atoms with Crippen LogP contribution in [0.2, 0.25) is 0 Å². The van der Waals surface area contributed by atoms with Crippen LogP contribution in [-0.2, 0) is 6.54 Å². The smallest absolute Gasteiger partial charge is 0.339 e. The highest BCUT2D eigenvalue weighted by molar-refractivity contribution is 5.94. The zero-order valence-electron chi connectivity index (χ0n) is 11.8. The minimum absolute atomic E-state index is 0.0234. The molecule has 112 valence electrons. The number of aromatic carboxylic acids is 1. The van der Waals surface area contributed by atoms with Gasteiger partial charge in [0, 0.05) is 18.3 Å². The maximum Gasteiger partial charge on any atom is 0.339 e. The number of nitrogens with zero attached hydrogens (tertiary/aromatic N) is 2. The summed E-state index contributed by atoms with van der Waals surface area (Å²) in [6.07, 6.45) is 2.26. The van der Waals surface area contributed by atoms with E-state index in [0.29, 0.717) is 12.5 Å². The van der Waals surface area contributed by atoms with E-state index in [1.807, 2.05) is 0 Å². The van der Waals surface area contributed by atoms with Crippen molar-refractivity contribution in [3.8, 4) is 11.3 Å². The molecule has 0 spiro atoms. The first-order valence-electron chi connectivity index (χ1n) is 6.64. The first kappa shape index (κ1) is 15.2. The minimum atomic E-state index is -1.15. The summed E-state index contributed by atoms with van der Waals surface area (Å²) in [5.41, 5.74) is 0.365. The fraction of sp³-hybridized carbons (Fsp3) is 0.333. The second-order valence-electron chi connectivity index (χ2n) is 5.27. The van der Waals surface area contributed by atoms with E-state index in [-0.39, 0.29) is 16.8 Å². The van der Waals surface area contributed by atoms with Gasteiger partial charge in [0.05, 0.1) is 0 Å². The Bertz CT molecular complexity index is 666. The molecule has 0 saturated carbocycles. The number of hydrogen-bond donors (Lipinski definition) is 1. The molecular formula is C15H16F2N2O2. The number of rotatable bonds is 5. The highest BCUT2D eigenvalue weighted by atomic mass is 19.2. The Morgan fingerprint density at radius 1 is 1.33 bits per heavy atom. The molecule has 0 saturated heterocycles. The van der Waals surface area contributed by atoms with Gasteiger partial charge in [0.15, 0.2) is 11.6 Å². The first-order chi connectivity index (χ1) is 9.88. The summed E-state index contributed by atoms with van der Waals surface area (Å²) >= 11 is 0. The van der Waals surface area contributed by atoms with Crippen molar-refractivity contribution < 1.29 is 18.7 Å². The molecule has 1 aromatic heterocycles. The van der Waals surface area contributed by atoms with E-state index in [2.05, 4.69) is 18.9 Å². The van der Waals surface area contributed by atoms with Gasteiger partial charge in [0.1, 0.15) is 11.3 Å². The van der Waals surface area contributed by atoms with Crippen LogP contribution in [0.25, 0.3) is 11.3 Å². The van der Waals surface area contributed by atoms with E-state index in [9.17, 15) is 18.7 Å². The molecule has 21 heavy (non-hydrogen) atoms. The number of aromatic nitrogens is 2. The van der Waals surface area contributed by atoms with Gasteiger partial charge in [0.2, 0.25) is 0 Å². The molecule has 0 unspecified atom stereocenters. The third kappa shape index (κ3) is 3.45.